The monoisotopic (exact) mass is 1470 g/mol. The van der Waals surface area contributed by atoms with Crippen LogP contribution >= 0.6 is 0 Å². The van der Waals surface area contributed by atoms with Crippen LogP contribution in [0.2, 0.25) is 0 Å². The third kappa shape index (κ3) is 24.5. The summed E-state index contributed by atoms with van der Waals surface area (Å²) in [5.41, 5.74) is 11.3. The maximum atomic E-state index is 14.1. The Bertz CT molecular complexity index is 3290. The average Bonchev–Trinajstić information content (AvgIpc) is 1.62. The molecular formula is C63H100N20O21. The Hall–Kier alpha value is -10.2. The number of carbonyl (C=O) groups excluding carboxylic acids is 14. The number of nitrogens with two attached hydrogens (primary N) is 2. The molecule has 0 radical (unpaired) electrons. The predicted molar refractivity (Wildman–Crippen MR) is 362 cm³/mol. The fraction of sp³-hybridized carbons (Fsp3) is 0.683. The number of aromatic nitrogens is 2. The van der Waals surface area contributed by atoms with Crippen LogP contribution in [-0.2, 0) is 83.1 Å². The fourth-order valence-electron chi connectivity index (χ4n) is 12.2. The summed E-state index contributed by atoms with van der Waals surface area (Å²) in [7, 11) is 0. The van der Waals surface area contributed by atoms with Crippen molar-refractivity contribution < 1.29 is 102 Å². The minimum Gasteiger partial charge on any atom is -0.481 e. The lowest BCUT2D eigenvalue weighted by atomic mass is 10.0. The third-order valence-electron chi connectivity index (χ3n) is 17.9. The second-order valence-electron chi connectivity index (χ2n) is 26.5. The van der Waals surface area contributed by atoms with E-state index in [-0.39, 0.29) is 70.0 Å². The lowest BCUT2D eigenvalue weighted by molar-refractivity contribution is -0.145. The van der Waals surface area contributed by atoms with Crippen LogP contribution in [0.1, 0.15) is 125 Å². The van der Waals surface area contributed by atoms with Gasteiger partial charge in [0.15, 0.2) is 5.96 Å². The van der Waals surface area contributed by atoms with Crippen molar-refractivity contribution in [1.82, 2.24) is 88.5 Å². The number of H-pyrrole nitrogens is 1. The fourth-order valence-corrected chi connectivity index (χ4v) is 12.2. The van der Waals surface area contributed by atoms with Gasteiger partial charge in [0.05, 0.1) is 44.1 Å². The Labute approximate surface area is 598 Å². The van der Waals surface area contributed by atoms with Crippen LogP contribution in [0.25, 0.3) is 0 Å². The van der Waals surface area contributed by atoms with Crippen LogP contribution in [0.5, 0.6) is 0 Å². The maximum absolute atomic E-state index is 14.1. The number of amides is 14. The molecule has 1 aromatic heterocycles. The zero-order valence-corrected chi connectivity index (χ0v) is 59.1. The molecule has 0 spiro atoms. The third-order valence-corrected chi connectivity index (χ3v) is 17.9. The Kier molecular flexibility index (Phi) is 32.5. The van der Waals surface area contributed by atoms with Crippen molar-refractivity contribution >= 4 is 101 Å². The number of rotatable bonds is 38. The van der Waals surface area contributed by atoms with E-state index in [9.17, 15) is 102 Å². The summed E-state index contributed by atoms with van der Waals surface area (Å²) >= 11 is 0. The van der Waals surface area contributed by atoms with Crippen molar-refractivity contribution in [3.05, 3.63) is 18.2 Å². The minimum absolute atomic E-state index is 0.0226. The highest BCUT2D eigenvalue weighted by Gasteiger charge is 2.44. The van der Waals surface area contributed by atoms with Crippen molar-refractivity contribution in [3.63, 3.8) is 0 Å². The number of imidazole rings is 1. The van der Waals surface area contributed by atoms with Crippen molar-refractivity contribution in [2.45, 2.75) is 222 Å². The van der Waals surface area contributed by atoms with E-state index in [4.69, 9.17) is 11.5 Å². The van der Waals surface area contributed by atoms with Gasteiger partial charge in [0.2, 0.25) is 82.7 Å². The van der Waals surface area contributed by atoms with Crippen LogP contribution in [0, 0.1) is 5.92 Å². The quantitative estimate of drug-likeness (QED) is 0.0166. The molecule has 0 unspecified atom stereocenters. The Morgan fingerprint density at radius 3 is 1.60 bits per heavy atom. The number of nitrogens with zero attached hydrogens (tertiary/aromatic N) is 5. The smallest absolute Gasteiger partial charge is 0.325 e. The van der Waals surface area contributed by atoms with E-state index in [1.807, 2.05) is 0 Å². The van der Waals surface area contributed by atoms with E-state index in [1.165, 1.54) is 52.0 Å². The van der Waals surface area contributed by atoms with Crippen LogP contribution in [0.3, 0.4) is 0 Å². The number of hydrogen-bond acceptors (Lipinski definition) is 22. The molecule has 0 saturated carbocycles. The number of likely N-dealkylation sites (tertiary alicyclic amines) is 3. The van der Waals surface area contributed by atoms with Gasteiger partial charge in [0.1, 0.15) is 78.5 Å². The summed E-state index contributed by atoms with van der Waals surface area (Å²) in [5.74, 6) is -16.7. The summed E-state index contributed by atoms with van der Waals surface area (Å²) in [6, 6.07) is -19.7. The summed E-state index contributed by atoms with van der Waals surface area (Å²) in [5, 5.41) is 80.3. The van der Waals surface area contributed by atoms with Crippen LogP contribution < -0.4 is 75.3 Å². The lowest BCUT2D eigenvalue weighted by Crippen LogP contribution is -2.62. The second kappa shape index (κ2) is 40.0. The molecule has 22 N–H and O–H groups in total. The van der Waals surface area contributed by atoms with E-state index >= 15 is 0 Å². The van der Waals surface area contributed by atoms with Crippen molar-refractivity contribution in [3.8, 4) is 0 Å². The van der Waals surface area contributed by atoms with Gasteiger partial charge in [0, 0.05) is 44.5 Å². The first-order valence-electron chi connectivity index (χ1n) is 34.4. The number of aliphatic imine (C=N–C) groups is 1. The van der Waals surface area contributed by atoms with Crippen LogP contribution in [-0.4, -0.2) is 293 Å². The van der Waals surface area contributed by atoms with Gasteiger partial charge in [-0.2, -0.15) is 0 Å². The molecule has 4 aliphatic heterocycles. The number of carboxylic acids is 2. The Morgan fingerprint density at radius 1 is 0.558 bits per heavy atom. The minimum atomic E-state index is -1.98. The number of aliphatic carboxylic acids is 2. The van der Waals surface area contributed by atoms with Gasteiger partial charge in [-0.15, -0.1) is 0 Å². The average molecular weight is 1470 g/mol. The van der Waals surface area contributed by atoms with Crippen LogP contribution in [0.4, 0.5) is 0 Å². The summed E-state index contributed by atoms with van der Waals surface area (Å²) in [6.45, 7) is 8.09. The molecule has 104 heavy (non-hydrogen) atoms. The van der Waals surface area contributed by atoms with E-state index in [1.54, 1.807) is 0 Å². The molecule has 0 aromatic carbocycles. The van der Waals surface area contributed by atoms with Gasteiger partial charge >= 0.3 is 11.9 Å². The highest BCUT2D eigenvalue weighted by molar-refractivity contribution is 6.01. The lowest BCUT2D eigenvalue weighted by Gasteiger charge is -2.31. The predicted octanol–water partition coefficient (Wildman–Crippen LogP) is -9.28. The molecule has 4 fully saturated rings. The Balaban J connectivity index is 1.16. The first-order valence-corrected chi connectivity index (χ1v) is 34.4. The molecule has 16 atom stereocenters. The first-order chi connectivity index (χ1) is 49.0. The summed E-state index contributed by atoms with van der Waals surface area (Å²) < 4.78 is 0. The molecule has 5 rings (SSSR count). The van der Waals surface area contributed by atoms with Gasteiger partial charge < -0.3 is 120 Å². The highest BCUT2D eigenvalue weighted by atomic mass is 16.4. The summed E-state index contributed by atoms with van der Waals surface area (Å²) in [6.07, 6.45) is 0.933. The largest absolute Gasteiger partial charge is 0.481 e. The molecule has 41 heteroatoms. The molecule has 0 aliphatic carbocycles. The number of aromatic amines is 1. The van der Waals surface area contributed by atoms with Gasteiger partial charge in [-0.05, 0) is 111 Å². The van der Waals surface area contributed by atoms with Gasteiger partial charge in [0.25, 0.3) is 0 Å². The van der Waals surface area contributed by atoms with E-state index in [0.29, 0.717) is 44.5 Å². The molecule has 4 aliphatic rings. The number of guanidine groups is 1. The maximum Gasteiger partial charge on any atom is 0.325 e. The van der Waals surface area contributed by atoms with Crippen molar-refractivity contribution in [2.24, 2.45) is 22.4 Å². The first kappa shape index (κ1) is 84.5. The molecule has 0 bridgehead atoms. The standard InChI is InChI=1S/C63H100N20O21/c1-29(2)46(78-44(87)26-69-50(91)38(23-35-25-66-28-70-35)75-49(90)30(3)71-53(94)41-15-11-21-82(41)60(101)36-13-8-18-67-36)56(97)80-48(34(7)86)58(99)77-40(27-84)52(93)72-31(4)59(100)81-20-10-17-43(81)55(96)76-39(24-45(88)89)51(92)79-47(33(6)85)57(98)74-37(14-9-19-68-63(64)65)61(102)83-22-12-16-42(83)54(95)73-32(5)62(103)104/h25,28-34,36-43,46-48,67,84-86H,8-24,26-27H2,1-7H3,(H,66,70)(H,69,91)(H,71,94)(H,72,93)(H,73,95)(H,74,98)(H,75,90)(H,76,96)(H,77,99)(H,78,87)(H,79,92)(H,80,97)(H,88,89)(H,103,104)(H4,64,65,68)/t30-,31-,32-,33+,34+,36-,37-,38-,39-,40-,41-,42-,43-,46-,47-,48-/m0/s1. The number of hydrogen-bond donors (Lipinski definition) is 20. The zero-order valence-electron chi connectivity index (χ0n) is 59.1. The molecule has 14 amide bonds. The van der Waals surface area contributed by atoms with E-state index < -0.39 is 211 Å². The number of aliphatic hydroxyl groups excluding tert-OH is 3. The number of aliphatic hydroxyl groups is 3. The topological polar surface area (TPSA) is 621 Å². The van der Waals surface area contributed by atoms with Gasteiger partial charge in [-0.1, -0.05) is 13.8 Å². The SMILES string of the molecule is CC(C)[C@H](NC(=O)CNC(=O)[C@H](Cc1cnc[nH]1)NC(=O)[C@H](C)NC(=O)[C@@H]1CCCN1C(=O)[C@@H]1CCCN1)C(=O)N[C@H](C(=O)N[C@@H](CO)C(=O)N[C@@H](C)C(=O)N1CCC[C@H]1C(=O)N[C@@H](CC(=O)O)C(=O)N[C@H](C(=O)N[C@@H](CCCN=C(N)N)C(=O)N1CCC[C@H]1C(=O)N[C@@H](C)C(=O)O)[C@@H](C)O)[C@@H](C)O. The molecule has 4 saturated heterocycles. The molecular weight excluding hydrogens is 1370 g/mol. The number of nitrogens with one attached hydrogen (secondary N) is 13. The molecule has 1 aromatic rings. The zero-order chi connectivity index (χ0) is 77.4. The highest BCUT2D eigenvalue weighted by Crippen LogP contribution is 2.24. The molecule has 578 valence electrons. The van der Waals surface area contributed by atoms with Crippen molar-refractivity contribution in [1.29, 1.82) is 0 Å². The van der Waals surface area contributed by atoms with Gasteiger partial charge in [-0.25, -0.2) is 4.98 Å². The van der Waals surface area contributed by atoms with Crippen LogP contribution in [0.15, 0.2) is 17.5 Å². The molecule has 5 heterocycles. The molecule has 41 nitrogen and oxygen atoms in total. The number of carbonyl (C=O) groups is 16. The van der Waals surface area contributed by atoms with Crippen molar-refractivity contribution in [2.75, 3.05) is 45.9 Å². The Morgan fingerprint density at radius 2 is 1.08 bits per heavy atom. The van der Waals surface area contributed by atoms with Gasteiger partial charge in [-0.3, -0.25) is 81.7 Å². The number of carboxylic acid groups (broad SMARTS) is 2. The van der Waals surface area contributed by atoms with E-state index in [2.05, 4.69) is 78.8 Å². The summed E-state index contributed by atoms with van der Waals surface area (Å²) in [4.78, 5) is 229. The second-order valence-corrected chi connectivity index (χ2v) is 26.5. The van der Waals surface area contributed by atoms with E-state index in [0.717, 1.165) is 30.1 Å². The normalized spacial score (nSPS) is 20.5.